The van der Waals surface area contributed by atoms with Gasteiger partial charge in [-0.15, -0.1) is 0 Å². The first-order valence-electron chi connectivity index (χ1n) is 15.6. The van der Waals surface area contributed by atoms with Crippen molar-refractivity contribution in [3.8, 4) is 28.6 Å². The van der Waals surface area contributed by atoms with Gasteiger partial charge in [0.25, 0.3) is 0 Å². The fraction of sp³-hybridized carbons (Fsp3) is 0. The molecule has 6 aromatic carbocycles. The molecule has 5 nitrogen and oxygen atoms in total. The maximum absolute atomic E-state index is 9.57. The van der Waals surface area contributed by atoms with Gasteiger partial charge >= 0.3 is 0 Å². The van der Waals surface area contributed by atoms with Crippen molar-refractivity contribution in [3.63, 3.8) is 0 Å². The van der Waals surface area contributed by atoms with Gasteiger partial charge < -0.3 is 8.98 Å². The summed E-state index contributed by atoms with van der Waals surface area (Å²) in [7, 11) is 0. The zero-order valence-electron chi connectivity index (χ0n) is 25.1. The molecule has 47 heavy (non-hydrogen) atoms. The standard InChI is InChI=1S/C42H24N4O/c43-25-26-17-18-38-34(20-26)31-12-1-3-15-37(31)45(38)29-10-5-8-27(21-29)28-9-6-11-30(22-28)46-39-24-41-36(32-13-2-4-16-40(32)47-41)23-35(39)33-14-7-19-44-42(33)46/h1-24H. The Labute approximate surface area is 268 Å². The van der Waals surface area contributed by atoms with Gasteiger partial charge in [0.05, 0.1) is 28.2 Å². The topological polar surface area (TPSA) is 59.7 Å². The van der Waals surface area contributed by atoms with Crippen LogP contribution in [0.3, 0.4) is 0 Å². The molecule has 4 heterocycles. The average Bonchev–Trinajstić information content (AvgIpc) is 3.77. The summed E-state index contributed by atoms with van der Waals surface area (Å²) in [6.45, 7) is 0. The molecule has 0 saturated carbocycles. The highest BCUT2D eigenvalue weighted by molar-refractivity contribution is 6.16. The summed E-state index contributed by atoms with van der Waals surface area (Å²) in [6.07, 6.45) is 1.86. The van der Waals surface area contributed by atoms with Crippen LogP contribution >= 0.6 is 0 Å². The minimum atomic E-state index is 0.659. The SMILES string of the molecule is N#Cc1ccc2c(c1)c1ccccc1n2-c1cccc(-c2cccc(-n3c4cc5oc6ccccc6c5cc4c4cccnc43)c2)c1. The molecule has 0 amide bonds. The van der Waals surface area contributed by atoms with Crippen molar-refractivity contribution >= 4 is 65.7 Å². The molecule has 0 atom stereocenters. The fourth-order valence-corrected chi connectivity index (χ4v) is 7.29. The molecule has 0 N–H and O–H groups in total. The van der Waals surface area contributed by atoms with Crippen molar-refractivity contribution in [1.29, 1.82) is 5.26 Å². The second kappa shape index (κ2) is 9.68. The lowest BCUT2D eigenvalue weighted by atomic mass is 10.0. The first kappa shape index (κ1) is 25.7. The van der Waals surface area contributed by atoms with Gasteiger partial charge in [0.1, 0.15) is 16.8 Å². The zero-order chi connectivity index (χ0) is 31.1. The lowest BCUT2D eigenvalue weighted by molar-refractivity contribution is 0.669. The van der Waals surface area contributed by atoms with E-state index in [0.717, 1.165) is 88.2 Å². The second-order valence-electron chi connectivity index (χ2n) is 12.0. The van der Waals surface area contributed by atoms with Crippen LogP contribution in [0.5, 0.6) is 0 Å². The first-order valence-corrected chi connectivity index (χ1v) is 15.6. The molecule has 0 spiro atoms. The minimum Gasteiger partial charge on any atom is -0.456 e. The summed E-state index contributed by atoms with van der Waals surface area (Å²) in [5.74, 6) is 0. The molecule has 10 aromatic rings. The number of fused-ring (bicyclic) bond motifs is 9. The number of aromatic nitrogens is 3. The van der Waals surface area contributed by atoms with Gasteiger partial charge in [-0.25, -0.2) is 4.98 Å². The molecule has 218 valence electrons. The maximum Gasteiger partial charge on any atom is 0.145 e. The molecule has 0 aliphatic rings. The summed E-state index contributed by atoms with van der Waals surface area (Å²) in [6, 6.07) is 50.7. The van der Waals surface area contributed by atoms with E-state index in [1.807, 2.05) is 36.5 Å². The van der Waals surface area contributed by atoms with Crippen LogP contribution in [0.4, 0.5) is 0 Å². The normalized spacial score (nSPS) is 11.8. The quantitative estimate of drug-likeness (QED) is 0.203. The van der Waals surface area contributed by atoms with Crippen molar-refractivity contribution in [2.75, 3.05) is 0 Å². The summed E-state index contributed by atoms with van der Waals surface area (Å²) in [4.78, 5) is 4.86. The van der Waals surface area contributed by atoms with Crippen LogP contribution in [0, 0.1) is 11.3 Å². The van der Waals surface area contributed by atoms with Gasteiger partial charge in [-0.2, -0.15) is 5.26 Å². The zero-order valence-corrected chi connectivity index (χ0v) is 25.1. The first-order chi connectivity index (χ1) is 23.2. The molecule has 4 aromatic heterocycles. The highest BCUT2D eigenvalue weighted by Gasteiger charge is 2.18. The van der Waals surface area contributed by atoms with Gasteiger partial charge in [-0.05, 0) is 83.9 Å². The third-order valence-corrected chi connectivity index (χ3v) is 9.37. The summed E-state index contributed by atoms with van der Waals surface area (Å²) in [5.41, 5.74) is 10.9. The lowest BCUT2D eigenvalue weighted by Crippen LogP contribution is -1.96. The van der Waals surface area contributed by atoms with Crippen molar-refractivity contribution in [2.24, 2.45) is 0 Å². The number of furan rings is 1. The summed E-state index contributed by atoms with van der Waals surface area (Å²) < 4.78 is 10.8. The third-order valence-electron chi connectivity index (χ3n) is 9.37. The van der Waals surface area contributed by atoms with Crippen molar-refractivity contribution < 1.29 is 4.42 Å². The Kier molecular flexibility index (Phi) is 5.28. The van der Waals surface area contributed by atoms with Gasteiger partial charge in [0.2, 0.25) is 0 Å². The third kappa shape index (κ3) is 3.73. The van der Waals surface area contributed by atoms with Gasteiger partial charge in [-0.3, -0.25) is 4.57 Å². The average molecular weight is 601 g/mol. The van der Waals surface area contributed by atoms with Gasteiger partial charge in [0.15, 0.2) is 0 Å². The van der Waals surface area contributed by atoms with Crippen LogP contribution in [0.25, 0.3) is 88.2 Å². The molecule has 0 radical (unpaired) electrons. The molecular weight excluding hydrogens is 576 g/mol. The molecule has 0 unspecified atom stereocenters. The molecule has 0 saturated heterocycles. The molecule has 10 rings (SSSR count). The number of nitriles is 1. The van der Waals surface area contributed by atoms with Crippen molar-refractivity contribution in [3.05, 3.63) is 151 Å². The van der Waals surface area contributed by atoms with E-state index in [9.17, 15) is 5.26 Å². The Morgan fingerprint density at radius 3 is 2.02 bits per heavy atom. The lowest BCUT2D eigenvalue weighted by Gasteiger charge is -2.12. The molecule has 0 fully saturated rings. The Morgan fingerprint density at radius 2 is 1.19 bits per heavy atom. The highest BCUT2D eigenvalue weighted by Crippen LogP contribution is 2.39. The van der Waals surface area contributed by atoms with E-state index in [1.165, 1.54) is 0 Å². The molecule has 5 heteroatoms. The maximum atomic E-state index is 9.57. The predicted molar refractivity (Wildman–Crippen MR) is 190 cm³/mol. The van der Waals surface area contributed by atoms with Crippen molar-refractivity contribution in [1.82, 2.24) is 14.1 Å². The van der Waals surface area contributed by atoms with E-state index in [-0.39, 0.29) is 0 Å². The van der Waals surface area contributed by atoms with Crippen molar-refractivity contribution in [2.45, 2.75) is 0 Å². The van der Waals surface area contributed by atoms with E-state index >= 15 is 0 Å². The number of hydrogen-bond donors (Lipinski definition) is 0. The largest absolute Gasteiger partial charge is 0.456 e. The Balaban J connectivity index is 1.16. The number of pyridine rings is 1. The van der Waals surface area contributed by atoms with E-state index in [2.05, 4.69) is 124 Å². The summed E-state index contributed by atoms with van der Waals surface area (Å²) in [5, 5.41) is 16.2. The summed E-state index contributed by atoms with van der Waals surface area (Å²) >= 11 is 0. The van der Waals surface area contributed by atoms with Crippen LogP contribution in [0.2, 0.25) is 0 Å². The van der Waals surface area contributed by atoms with Crippen LogP contribution in [0.1, 0.15) is 5.56 Å². The highest BCUT2D eigenvalue weighted by atomic mass is 16.3. The molecule has 0 aliphatic heterocycles. The fourth-order valence-electron chi connectivity index (χ4n) is 7.29. The number of benzene rings is 6. The van der Waals surface area contributed by atoms with Gasteiger partial charge in [0, 0.05) is 56.0 Å². The second-order valence-corrected chi connectivity index (χ2v) is 12.0. The molecule has 0 bridgehead atoms. The van der Waals surface area contributed by atoms with E-state index in [0.29, 0.717) is 5.56 Å². The molecule has 0 aliphatic carbocycles. The predicted octanol–water partition coefficient (Wildman–Crippen LogP) is 10.7. The van der Waals surface area contributed by atoms with Crippen LogP contribution < -0.4 is 0 Å². The number of hydrogen-bond acceptors (Lipinski definition) is 3. The number of nitrogens with zero attached hydrogens (tertiary/aromatic N) is 4. The Bertz CT molecular complexity index is 2930. The Hall–Kier alpha value is -6.64. The van der Waals surface area contributed by atoms with Crippen LogP contribution in [0.15, 0.2) is 150 Å². The van der Waals surface area contributed by atoms with E-state index in [4.69, 9.17) is 9.40 Å². The van der Waals surface area contributed by atoms with Crippen LogP contribution in [-0.4, -0.2) is 14.1 Å². The minimum absolute atomic E-state index is 0.659. The monoisotopic (exact) mass is 600 g/mol. The molecular formula is C42H24N4O. The Morgan fingerprint density at radius 1 is 0.489 bits per heavy atom. The van der Waals surface area contributed by atoms with E-state index < -0.39 is 0 Å². The number of para-hydroxylation sites is 2. The number of rotatable bonds is 3. The van der Waals surface area contributed by atoms with Crippen LogP contribution in [-0.2, 0) is 0 Å². The van der Waals surface area contributed by atoms with E-state index in [1.54, 1.807) is 0 Å². The smallest absolute Gasteiger partial charge is 0.145 e. The van der Waals surface area contributed by atoms with Gasteiger partial charge in [-0.1, -0.05) is 60.7 Å².